The first-order chi connectivity index (χ1) is 14.6. The maximum Gasteiger partial charge on any atom is 0.193 e. The van der Waals surface area contributed by atoms with Crippen molar-refractivity contribution in [2.24, 2.45) is 10.9 Å². The van der Waals surface area contributed by atoms with E-state index in [1.165, 1.54) is 24.9 Å². The third kappa shape index (κ3) is 7.94. The molecule has 0 unspecified atom stereocenters. The van der Waals surface area contributed by atoms with Gasteiger partial charge in [-0.05, 0) is 51.3 Å². The highest BCUT2D eigenvalue weighted by Crippen LogP contribution is 2.29. The first kappa shape index (κ1) is 26.5. The summed E-state index contributed by atoms with van der Waals surface area (Å²) in [7, 11) is 4.31. The van der Waals surface area contributed by atoms with Crippen LogP contribution in [-0.4, -0.2) is 82.3 Å². The molecule has 0 atom stereocenters. The van der Waals surface area contributed by atoms with Crippen LogP contribution in [0.5, 0.6) is 0 Å². The Morgan fingerprint density at radius 1 is 1.23 bits per heavy atom. The molecule has 0 aromatic heterocycles. The van der Waals surface area contributed by atoms with Gasteiger partial charge < -0.3 is 24.8 Å². The predicted octanol–water partition coefficient (Wildman–Crippen LogP) is 3.92. The fourth-order valence-corrected chi connectivity index (χ4v) is 4.42. The van der Waals surface area contributed by atoms with E-state index in [9.17, 15) is 0 Å². The monoisotopic (exact) mass is 563 g/mol. The van der Waals surface area contributed by atoms with Crippen LogP contribution in [0.15, 0.2) is 23.2 Å². The number of guanidine groups is 1. The van der Waals surface area contributed by atoms with Crippen LogP contribution in [0.4, 0.5) is 5.69 Å². The predicted molar refractivity (Wildman–Crippen MR) is 142 cm³/mol. The molecule has 0 bridgehead atoms. The molecule has 2 aliphatic heterocycles. The molecule has 0 aliphatic carbocycles. The summed E-state index contributed by atoms with van der Waals surface area (Å²) < 4.78 is 5.49. The van der Waals surface area contributed by atoms with E-state index in [0.29, 0.717) is 6.54 Å². The van der Waals surface area contributed by atoms with Gasteiger partial charge in [0.15, 0.2) is 5.96 Å². The summed E-state index contributed by atoms with van der Waals surface area (Å²) in [5, 5.41) is 4.25. The average molecular weight is 564 g/mol. The van der Waals surface area contributed by atoms with Gasteiger partial charge in [0.25, 0.3) is 0 Å². The van der Waals surface area contributed by atoms with Gasteiger partial charge in [-0.15, -0.1) is 24.0 Å². The molecule has 0 amide bonds. The van der Waals surface area contributed by atoms with Crippen molar-refractivity contribution < 1.29 is 4.74 Å². The molecule has 2 aliphatic rings. The number of anilines is 1. The van der Waals surface area contributed by atoms with Crippen molar-refractivity contribution in [2.75, 3.05) is 71.5 Å². The minimum absolute atomic E-state index is 0. The molecule has 1 aromatic rings. The van der Waals surface area contributed by atoms with E-state index in [-0.39, 0.29) is 24.0 Å². The molecule has 31 heavy (non-hydrogen) atoms. The number of nitrogens with zero attached hydrogens (tertiary/aromatic N) is 4. The quantitative estimate of drug-likeness (QED) is 0.310. The van der Waals surface area contributed by atoms with E-state index in [0.717, 1.165) is 74.9 Å². The van der Waals surface area contributed by atoms with Crippen molar-refractivity contribution in [1.29, 1.82) is 0 Å². The Kier molecular flexibility index (Phi) is 11.7. The van der Waals surface area contributed by atoms with Crippen molar-refractivity contribution in [3.8, 4) is 0 Å². The highest BCUT2D eigenvalue weighted by Gasteiger charge is 2.19. The van der Waals surface area contributed by atoms with E-state index >= 15 is 0 Å². The van der Waals surface area contributed by atoms with E-state index in [2.05, 4.69) is 53.2 Å². The van der Waals surface area contributed by atoms with Gasteiger partial charge in [-0.25, -0.2) is 4.99 Å². The summed E-state index contributed by atoms with van der Waals surface area (Å²) >= 11 is 6.63. The van der Waals surface area contributed by atoms with E-state index in [4.69, 9.17) is 21.3 Å². The van der Waals surface area contributed by atoms with Gasteiger partial charge in [0.1, 0.15) is 0 Å². The van der Waals surface area contributed by atoms with Crippen LogP contribution in [0, 0.1) is 5.92 Å². The summed E-state index contributed by atoms with van der Waals surface area (Å²) in [5.74, 6) is 1.71. The van der Waals surface area contributed by atoms with Crippen LogP contribution in [0.1, 0.15) is 31.7 Å². The van der Waals surface area contributed by atoms with Crippen molar-refractivity contribution >= 4 is 47.2 Å². The lowest BCUT2D eigenvalue weighted by Gasteiger charge is -2.35. The molecule has 1 aromatic carbocycles. The third-order valence-corrected chi connectivity index (χ3v) is 6.59. The number of likely N-dealkylation sites (N-methyl/N-ethyl adjacent to an activating group) is 1. The minimum atomic E-state index is 0. The lowest BCUT2D eigenvalue weighted by molar-refractivity contribution is 0.0625. The largest absolute Gasteiger partial charge is 0.381 e. The summed E-state index contributed by atoms with van der Waals surface area (Å²) in [5.41, 5.74) is 2.34. The second kappa shape index (κ2) is 13.7. The average Bonchev–Trinajstić information content (AvgIpc) is 2.77. The van der Waals surface area contributed by atoms with E-state index < -0.39 is 0 Å². The second-order valence-corrected chi connectivity index (χ2v) is 8.87. The molecule has 176 valence electrons. The summed E-state index contributed by atoms with van der Waals surface area (Å²) in [4.78, 5) is 12.0. The fraction of sp³-hybridized carbons (Fsp3) is 0.696. The molecule has 0 spiro atoms. The van der Waals surface area contributed by atoms with Gasteiger partial charge in [-0.2, -0.15) is 0 Å². The Balaban J connectivity index is 0.00000341. The van der Waals surface area contributed by atoms with Crippen molar-refractivity contribution in [2.45, 2.75) is 32.7 Å². The molecule has 1 N–H and O–H groups in total. The Labute approximate surface area is 210 Å². The lowest BCUT2D eigenvalue weighted by atomic mass is 9.96. The van der Waals surface area contributed by atoms with E-state index in [1.807, 2.05) is 6.07 Å². The molecule has 2 fully saturated rings. The molecule has 6 nitrogen and oxygen atoms in total. The molecule has 0 saturated carbocycles. The first-order valence-electron chi connectivity index (χ1n) is 11.4. The van der Waals surface area contributed by atoms with Crippen molar-refractivity contribution in [3.63, 3.8) is 0 Å². The van der Waals surface area contributed by atoms with Crippen LogP contribution >= 0.6 is 35.6 Å². The maximum atomic E-state index is 6.63. The Bertz CT molecular complexity index is 691. The standard InChI is InChI=1S/C23H38ClN5O.HI/c1-4-25-23(28(3)11-8-19-9-16-30-17-10-19)26-18-20-21(24)6-5-7-22(20)29-14-12-27(2)13-15-29;/h5-7,19H,4,8-18H2,1-3H3,(H,25,26);1H. The second-order valence-electron chi connectivity index (χ2n) is 8.46. The SMILES string of the molecule is CCNC(=NCc1c(Cl)cccc1N1CCN(C)CC1)N(C)CCC1CCOCC1.I. The summed E-state index contributed by atoms with van der Waals surface area (Å²) in [6.45, 7) is 10.6. The van der Waals surface area contributed by atoms with Gasteiger partial charge in [0.05, 0.1) is 6.54 Å². The summed E-state index contributed by atoms with van der Waals surface area (Å²) in [6.07, 6.45) is 3.54. The highest BCUT2D eigenvalue weighted by molar-refractivity contribution is 14.0. The summed E-state index contributed by atoms with van der Waals surface area (Å²) in [6, 6.07) is 6.21. The zero-order chi connectivity index (χ0) is 21.3. The van der Waals surface area contributed by atoms with Gasteiger partial charge in [-0.3, -0.25) is 0 Å². The number of ether oxygens (including phenoxy) is 1. The molecule has 0 radical (unpaired) electrons. The number of aliphatic imine (C=N–C) groups is 1. The first-order valence-corrected chi connectivity index (χ1v) is 11.7. The lowest BCUT2D eigenvalue weighted by Crippen LogP contribution is -2.44. The number of hydrogen-bond acceptors (Lipinski definition) is 4. The minimum Gasteiger partial charge on any atom is -0.381 e. The number of halogens is 2. The molecular formula is C23H39ClIN5O. The Morgan fingerprint density at radius 3 is 2.61 bits per heavy atom. The van der Waals surface area contributed by atoms with Gasteiger partial charge in [0, 0.05) is 75.8 Å². The van der Waals surface area contributed by atoms with Crippen LogP contribution in [-0.2, 0) is 11.3 Å². The maximum absolute atomic E-state index is 6.63. The number of piperazine rings is 1. The molecular weight excluding hydrogens is 525 g/mol. The Morgan fingerprint density at radius 2 is 1.94 bits per heavy atom. The fourth-order valence-electron chi connectivity index (χ4n) is 4.19. The topological polar surface area (TPSA) is 43.3 Å². The normalized spacial score (nSPS) is 18.6. The number of nitrogens with one attached hydrogen (secondary N) is 1. The van der Waals surface area contributed by atoms with Gasteiger partial charge in [-0.1, -0.05) is 17.7 Å². The van der Waals surface area contributed by atoms with Crippen LogP contribution < -0.4 is 10.2 Å². The number of rotatable bonds is 7. The van der Waals surface area contributed by atoms with Crippen LogP contribution in [0.25, 0.3) is 0 Å². The van der Waals surface area contributed by atoms with Gasteiger partial charge in [0.2, 0.25) is 0 Å². The Hall–Kier alpha value is -0.770. The van der Waals surface area contributed by atoms with Gasteiger partial charge >= 0.3 is 0 Å². The molecule has 3 rings (SSSR count). The molecule has 2 heterocycles. The third-order valence-electron chi connectivity index (χ3n) is 6.24. The van der Waals surface area contributed by atoms with Crippen LogP contribution in [0.3, 0.4) is 0 Å². The van der Waals surface area contributed by atoms with Crippen molar-refractivity contribution in [3.05, 3.63) is 28.8 Å². The zero-order valence-electron chi connectivity index (χ0n) is 19.3. The van der Waals surface area contributed by atoms with E-state index in [1.54, 1.807) is 0 Å². The molecule has 2 saturated heterocycles. The number of benzene rings is 1. The van der Waals surface area contributed by atoms with Crippen LogP contribution in [0.2, 0.25) is 5.02 Å². The van der Waals surface area contributed by atoms with Crippen molar-refractivity contribution in [1.82, 2.24) is 15.1 Å². The smallest absolute Gasteiger partial charge is 0.193 e. The molecule has 8 heteroatoms. The number of hydrogen-bond donors (Lipinski definition) is 1. The highest BCUT2D eigenvalue weighted by atomic mass is 127. The zero-order valence-corrected chi connectivity index (χ0v) is 22.4.